The molecule has 1 aliphatic rings. The molecular formula is C15H19NO. The van der Waals surface area contributed by atoms with Crippen LogP contribution in [0.15, 0.2) is 22.8 Å². The second kappa shape index (κ2) is 4.19. The summed E-state index contributed by atoms with van der Waals surface area (Å²) in [5.41, 5.74) is 2.68. The standard InChI is InChI=1S/C15H19NO/c1-10-7-12-9-17-15(13(12)8-11(10)2)14-5-3-4-6-16-14/h7-9,14,16H,3-6H2,1-2H3. The molecule has 2 heterocycles. The van der Waals surface area contributed by atoms with Crippen LogP contribution in [0, 0.1) is 13.8 Å². The van der Waals surface area contributed by atoms with E-state index in [1.807, 2.05) is 6.26 Å². The summed E-state index contributed by atoms with van der Waals surface area (Å²) in [7, 11) is 0. The Morgan fingerprint density at radius 3 is 2.76 bits per heavy atom. The predicted octanol–water partition coefficient (Wildman–Crippen LogP) is 3.86. The van der Waals surface area contributed by atoms with Crippen LogP contribution >= 0.6 is 0 Å². The molecule has 2 aromatic rings. The van der Waals surface area contributed by atoms with E-state index in [9.17, 15) is 0 Å². The molecule has 3 rings (SSSR count). The number of hydrogen-bond donors (Lipinski definition) is 1. The Morgan fingerprint density at radius 1 is 1.18 bits per heavy atom. The zero-order valence-electron chi connectivity index (χ0n) is 10.5. The average molecular weight is 229 g/mol. The molecule has 1 unspecified atom stereocenters. The number of hydrogen-bond acceptors (Lipinski definition) is 2. The second-order valence-electron chi connectivity index (χ2n) is 5.13. The van der Waals surface area contributed by atoms with Crippen LogP contribution in [0.2, 0.25) is 0 Å². The summed E-state index contributed by atoms with van der Waals surface area (Å²) in [5.74, 6) is 1.13. The molecule has 0 aliphatic carbocycles. The predicted molar refractivity (Wildman–Crippen MR) is 70.3 cm³/mol. The number of fused-ring (bicyclic) bond motifs is 1. The normalized spacial score (nSPS) is 20.9. The van der Waals surface area contributed by atoms with Crippen molar-refractivity contribution in [1.82, 2.24) is 5.32 Å². The molecular weight excluding hydrogens is 210 g/mol. The van der Waals surface area contributed by atoms with Gasteiger partial charge in [-0.05, 0) is 56.5 Å². The van der Waals surface area contributed by atoms with E-state index in [-0.39, 0.29) is 0 Å². The van der Waals surface area contributed by atoms with Crippen molar-refractivity contribution in [2.45, 2.75) is 39.2 Å². The molecule has 1 atom stereocenters. The summed E-state index contributed by atoms with van der Waals surface area (Å²) >= 11 is 0. The molecule has 1 aromatic heterocycles. The lowest BCUT2D eigenvalue weighted by Crippen LogP contribution is -2.26. The van der Waals surface area contributed by atoms with Gasteiger partial charge in [0.05, 0.1) is 12.3 Å². The van der Waals surface area contributed by atoms with Crippen molar-refractivity contribution < 1.29 is 4.42 Å². The zero-order chi connectivity index (χ0) is 11.8. The minimum Gasteiger partial charge on any atom is -0.466 e. The monoisotopic (exact) mass is 229 g/mol. The van der Waals surface area contributed by atoms with Crippen LogP contribution in [-0.4, -0.2) is 6.54 Å². The number of furan rings is 1. The van der Waals surface area contributed by atoms with E-state index in [1.165, 1.54) is 41.2 Å². The van der Waals surface area contributed by atoms with Crippen LogP contribution in [0.25, 0.3) is 10.8 Å². The Labute approximate surface area is 102 Å². The van der Waals surface area contributed by atoms with E-state index in [1.54, 1.807) is 0 Å². The van der Waals surface area contributed by atoms with E-state index in [0.717, 1.165) is 12.3 Å². The lowest BCUT2D eigenvalue weighted by molar-refractivity contribution is 0.352. The highest BCUT2D eigenvalue weighted by atomic mass is 16.3. The van der Waals surface area contributed by atoms with Gasteiger partial charge in [-0.15, -0.1) is 0 Å². The molecule has 1 N–H and O–H groups in total. The van der Waals surface area contributed by atoms with Crippen molar-refractivity contribution in [3.63, 3.8) is 0 Å². The first-order chi connectivity index (χ1) is 8.25. The highest BCUT2D eigenvalue weighted by molar-refractivity contribution is 5.86. The maximum atomic E-state index is 5.80. The maximum absolute atomic E-state index is 5.80. The molecule has 2 nitrogen and oxygen atoms in total. The fraction of sp³-hybridized carbons (Fsp3) is 0.467. The highest BCUT2D eigenvalue weighted by Crippen LogP contribution is 2.32. The Hall–Kier alpha value is -1.28. The average Bonchev–Trinajstić information content (AvgIpc) is 2.74. The summed E-state index contributed by atoms with van der Waals surface area (Å²) in [6.07, 6.45) is 5.67. The SMILES string of the molecule is Cc1cc2coc(C3CCCCN3)c2cc1C. The first-order valence-electron chi connectivity index (χ1n) is 6.47. The van der Waals surface area contributed by atoms with Gasteiger partial charge in [-0.3, -0.25) is 0 Å². The van der Waals surface area contributed by atoms with Gasteiger partial charge < -0.3 is 9.73 Å². The smallest absolute Gasteiger partial charge is 0.128 e. The van der Waals surface area contributed by atoms with Crippen molar-refractivity contribution >= 4 is 10.8 Å². The zero-order valence-corrected chi connectivity index (χ0v) is 10.5. The van der Waals surface area contributed by atoms with Gasteiger partial charge >= 0.3 is 0 Å². The van der Waals surface area contributed by atoms with E-state index >= 15 is 0 Å². The van der Waals surface area contributed by atoms with Crippen LogP contribution in [0.1, 0.15) is 42.2 Å². The lowest BCUT2D eigenvalue weighted by Gasteiger charge is -2.21. The molecule has 1 fully saturated rings. The highest BCUT2D eigenvalue weighted by Gasteiger charge is 2.20. The number of rotatable bonds is 1. The maximum Gasteiger partial charge on any atom is 0.128 e. The topological polar surface area (TPSA) is 25.2 Å². The molecule has 1 saturated heterocycles. The summed E-state index contributed by atoms with van der Waals surface area (Å²) in [6, 6.07) is 4.89. The van der Waals surface area contributed by atoms with E-state index in [0.29, 0.717) is 6.04 Å². The van der Waals surface area contributed by atoms with Gasteiger partial charge in [-0.1, -0.05) is 6.42 Å². The minimum absolute atomic E-state index is 0.406. The van der Waals surface area contributed by atoms with Crippen LogP contribution in [0.4, 0.5) is 0 Å². The third-order valence-electron chi connectivity index (χ3n) is 3.87. The molecule has 0 bridgehead atoms. The summed E-state index contributed by atoms with van der Waals surface area (Å²) in [6.45, 7) is 5.43. The quantitative estimate of drug-likeness (QED) is 0.803. The van der Waals surface area contributed by atoms with Crippen molar-refractivity contribution in [3.05, 3.63) is 35.3 Å². The second-order valence-corrected chi connectivity index (χ2v) is 5.13. The molecule has 2 heteroatoms. The van der Waals surface area contributed by atoms with Gasteiger partial charge in [-0.25, -0.2) is 0 Å². The lowest BCUT2D eigenvalue weighted by atomic mass is 9.98. The van der Waals surface area contributed by atoms with Crippen LogP contribution < -0.4 is 5.32 Å². The number of nitrogens with one attached hydrogen (secondary N) is 1. The van der Waals surface area contributed by atoms with Gasteiger partial charge in [0.2, 0.25) is 0 Å². The Kier molecular flexibility index (Phi) is 2.67. The van der Waals surface area contributed by atoms with Gasteiger partial charge in [0.15, 0.2) is 0 Å². The molecule has 0 amide bonds. The number of benzene rings is 1. The summed E-state index contributed by atoms with van der Waals surface area (Å²) in [5, 5.41) is 6.07. The molecule has 17 heavy (non-hydrogen) atoms. The van der Waals surface area contributed by atoms with Crippen LogP contribution in [-0.2, 0) is 0 Å². The first kappa shape index (κ1) is 10.8. The van der Waals surface area contributed by atoms with Crippen molar-refractivity contribution in [1.29, 1.82) is 0 Å². The van der Waals surface area contributed by atoms with Gasteiger partial charge in [0.25, 0.3) is 0 Å². The molecule has 1 aliphatic heterocycles. The van der Waals surface area contributed by atoms with Gasteiger partial charge in [0.1, 0.15) is 5.76 Å². The third-order valence-corrected chi connectivity index (χ3v) is 3.87. The van der Waals surface area contributed by atoms with Crippen molar-refractivity contribution in [2.24, 2.45) is 0 Å². The Morgan fingerprint density at radius 2 is 2.00 bits per heavy atom. The Balaban J connectivity index is 2.07. The molecule has 1 aromatic carbocycles. The summed E-state index contributed by atoms with van der Waals surface area (Å²) < 4.78 is 5.80. The van der Waals surface area contributed by atoms with Gasteiger partial charge in [-0.2, -0.15) is 0 Å². The minimum atomic E-state index is 0.406. The molecule has 0 spiro atoms. The van der Waals surface area contributed by atoms with Crippen LogP contribution in [0.3, 0.4) is 0 Å². The molecule has 90 valence electrons. The summed E-state index contributed by atoms with van der Waals surface area (Å²) in [4.78, 5) is 0. The van der Waals surface area contributed by atoms with Crippen molar-refractivity contribution in [3.8, 4) is 0 Å². The van der Waals surface area contributed by atoms with Crippen LogP contribution in [0.5, 0.6) is 0 Å². The molecule has 0 saturated carbocycles. The van der Waals surface area contributed by atoms with E-state index in [2.05, 4.69) is 31.3 Å². The van der Waals surface area contributed by atoms with Gasteiger partial charge in [0, 0.05) is 10.8 Å². The number of aryl methyl sites for hydroxylation is 2. The fourth-order valence-corrected chi connectivity index (χ4v) is 2.69. The first-order valence-corrected chi connectivity index (χ1v) is 6.47. The largest absolute Gasteiger partial charge is 0.466 e. The Bertz CT molecular complexity index is 535. The fourth-order valence-electron chi connectivity index (χ4n) is 2.69. The van der Waals surface area contributed by atoms with E-state index in [4.69, 9.17) is 4.42 Å². The van der Waals surface area contributed by atoms with Crippen molar-refractivity contribution in [2.75, 3.05) is 6.54 Å². The molecule has 0 radical (unpaired) electrons. The number of piperidine rings is 1. The third kappa shape index (κ3) is 1.87. The van der Waals surface area contributed by atoms with E-state index < -0.39 is 0 Å².